The lowest BCUT2D eigenvalue weighted by molar-refractivity contribution is 0.282. The molecule has 1 N–H and O–H groups in total. The lowest BCUT2D eigenvalue weighted by Gasteiger charge is -2.21. The van der Waals surface area contributed by atoms with Gasteiger partial charge in [0.15, 0.2) is 0 Å². The summed E-state index contributed by atoms with van der Waals surface area (Å²) in [5.74, 6) is 0.868. The summed E-state index contributed by atoms with van der Waals surface area (Å²) in [5, 5.41) is 4.38. The summed E-state index contributed by atoms with van der Waals surface area (Å²) < 4.78 is 11.5. The van der Waals surface area contributed by atoms with Gasteiger partial charge in [-0.2, -0.15) is 0 Å². The van der Waals surface area contributed by atoms with Crippen LogP contribution in [0.1, 0.15) is 29.2 Å². The van der Waals surface area contributed by atoms with E-state index in [4.69, 9.17) is 32.7 Å². The second-order valence-electron chi connectivity index (χ2n) is 6.34. The quantitative estimate of drug-likeness (QED) is 0.743. The van der Waals surface area contributed by atoms with E-state index in [1.54, 1.807) is 6.07 Å². The second-order valence-corrected chi connectivity index (χ2v) is 7.12. The van der Waals surface area contributed by atoms with E-state index in [1.165, 1.54) is 11.1 Å². The molecule has 2 aromatic carbocycles. The van der Waals surface area contributed by atoms with E-state index in [0.717, 1.165) is 11.3 Å². The molecule has 1 aliphatic heterocycles. The van der Waals surface area contributed by atoms with E-state index < -0.39 is 0 Å². The molecule has 3 rings (SSSR count). The number of rotatable bonds is 6. The minimum Gasteiger partial charge on any atom is -0.493 e. The fourth-order valence-corrected chi connectivity index (χ4v) is 3.42. The molecule has 0 saturated carbocycles. The number of nitrogens with zero attached hydrogens (tertiary/aromatic N) is 1. The average Bonchev–Trinajstić information content (AvgIpc) is 3.09. The number of halogens is 2. The molecule has 0 aromatic heterocycles. The van der Waals surface area contributed by atoms with E-state index in [1.807, 2.05) is 24.3 Å². The average molecular weight is 393 g/mol. The fraction of sp³-hybridized carbons (Fsp3) is 0.350. The first-order valence-electron chi connectivity index (χ1n) is 8.62. The maximum Gasteiger partial charge on any atom is 0.285 e. The van der Waals surface area contributed by atoms with E-state index in [9.17, 15) is 0 Å². The Kier molecular flexibility index (Phi) is 6.28. The van der Waals surface area contributed by atoms with Gasteiger partial charge in [0.05, 0.1) is 29.2 Å². The maximum absolute atomic E-state index is 6.42. The van der Waals surface area contributed by atoms with Gasteiger partial charge in [-0.15, -0.1) is 0 Å². The van der Waals surface area contributed by atoms with Crippen LogP contribution in [0.25, 0.3) is 0 Å². The summed E-state index contributed by atoms with van der Waals surface area (Å²) in [5.41, 5.74) is 3.27. The summed E-state index contributed by atoms with van der Waals surface area (Å²) >= 11 is 12.6. The minimum absolute atomic E-state index is 0.107. The van der Waals surface area contributed by atoms with Crippen LogP contribution in [0, 0.1) is 13.8 Å². The Balaban J connectivity index is 1.72. The van der Waals surface area contributed by atoms with Crippen LogP contribution in [-0.2, 0) is 4.74 Å². The molecule has 0 spiro atoms. The Hall–Kier alpha value is -1.91. The number of hydrogen-bond acceptors (Lipinski definition) is 4. The van der Waals surface area contributed by atoms with Gasteiger partial charge in [0, 0.05) is 6.42 Å². The molecule has 0 saturated heterocycles. The standard InChI is InChI=1S/C20H22Cl2N2O2/c1-13-10-14(2)12-15(11-13)25-8-6-18(24-20-23-7-9-26-20)16-4-3-5-17(21)19(16)22/h3-5,10-12,18H,6-9H2,1-2H3,(H,23,24). The van der Waals surface area contributed by atoms with E-state index in [2.05, 4.69) is 30.2 Å². The molecule has 2 aromatic rings. The van der Waals surface area contributed by atoms with Gasteiger partial charge >= 0.3 is 0 Å². The molecule has 1 atom stereocenters. The smallest absolute Gasteiger partial charge is 0.285 e. The van der Waals surface area contributed by atoms with Crippen molar-refractivity contribution < 1.29 is 9.47 Å². The Morgan fingerprint density at radius 1 is 1.19 bits per heavy atom. The molecule has 0 aliphatic carbocycles. The number of ether oxygens (including phenoxy) is 2. The van der Waals surface area contributed by atoms with Crippen LogP contribution in [0.5, 0.6) is 5.75 Å². The van der Waals surface area contributed by atoms with Gasteiger partial charge in [0.25, 0.3) is 6.02 Å². The number of benzene rings is 2. The molecule has 6 heteroatoms. The SMILES string of the molecule is Cc1cc(C)cc(OCCC(NC2=NCCO2)c2cccc(Cl)c2Cl)c1. The fourth-order valence-electron chi connectivity index (χ4n) is 2.98. The molecular formula is C20H22Cl2N2O2. The highest BCUT2D eigenvalue weighted by Crippen LogP contribution is 2.31. The number of hydrogen-bond donors (Lipinski definition) is 1. The van der Waals surface area contributed by atoms with Crippen molar-refractivity contribution in [3.63, 3.8) is 0 Å². The Bertz CT molecular complexity index is 788. The molecule has 0 fully saturated rings. The molecule has 1 unspecified atom stereocenters. The minimum atomic E-state index is -0.107. The van der Waals surface area contributed by atoms with Crippen molar-refractivity contribution in [1.29, 1.82) is 0 Å². The molecule has 1 aliphatic rings. The van der Waals surface area contributed by atoms with Gasteiger partial charge in [0.2, 0.25) is 0 Å². The van der Waals surface area contributed by atoms with Gasteiger partial charge in [0.1, 0.15) is 12.4 Å². The maximum atomic E-state index is 6.42. The zero-order chi connectivity index (χ0) is 18.5. The van der Waals surface area contributed by atoms with E-state index in [0.29, 0.717) is 42.2 Å². The van der Waals surface area contributed by atoms with Crippen LogP contribution in [0.3, 0.4) is 0 Å². The summed E-state index contributed by atoms with van der Waals surface area (Å²) in [6.07, 6.45) is 0.690. The molecule has 0 amide bonds. The molecule has 138 valence electrons. The number of amidine groups is 1. The molecular weight excluding hydrogens is 371 g/mol. The van der Waals surface area contributed by atoms with E-state index >= 15 is 0 Å². The summed E-state index contributed by atoms with van der Waals surface area (Å²) in [4.78, 5) is 4.31. The third kappa shape index (κ3) is 4.83. The highest BCUT2D eigenvalue weighted by Gasteiger charge is 2.20. The van der Waals surface area contributed by atoms with Crippen molar-refractivity contribution in [3.8, 4) is 5.75 Å². The molecule has 26 heavy (non-hydrogen) atoms. The van der Waals surface area contributed by atoms with Gasteiger partial charge in [-0.1, -0.05) is 41.4 Å². The van der Waals surface area contributed by atoms with Crippen molar-refractivity contribution in [2.75, 3.05) is 19.8 Å². The topological polar surface area (TPSA) is 42.8 Å². The zero-order valence-corrected chi connectivity index (χ0v) is 16.4. The monoisotopic (exact) mass is 392 g/mol. The second kappa shape index (κ2) is 8.65. The lowest BCUT2D eigenvalue weighted by atomic mass is 10.0. The highest BCUT2D eigenvalue weighted by atomic mass is 35.5. The number of aliphatic imine (C=N–C) groups is 1. The van der Waals surface area contributed by atoms with Gasteiger partial charge < -0.3 is 14.8 Å². The molecule has 4 nitrogen and oxygen atoms in total. The predicted molar refractivity (Wildman–Crippen MR) is 107 cm³/mol. The third-order valence-corrected chi connectivity index (χ3v) is 4.94. The van der Waals surface area contributed by atoms with Crippen LogP contribution in [-0.4, -0.2) is 25.8 Å². The Labute approximate surface area is 164 Å². The Morgan fingerprint density at radius 3 is 2.65 bits per heavy atom. The van der Waals surface area contributed by atoms with Crippen molar-refractivity contribution in [1.82, 2.24) is 5.32 Å². The van der Waals surface area contributed by atoms with Crippen LogP contribution in [0.2, 0.25) is 10.0 Å². The number of aryl methyl sites for hydroxylation is 2. The first kappa shape index (κ1) is 18.9. The van der Waals surface area contributed by atoms with Crippen molar-refractivity contribution >= 4 is 29.2 Å². The van der Waals surface area contributed by atoms with E-state index in [-0.39, 0.29) is 6.04 Å². The first-order chi connectivity index (χ1) is 12.5. The van der Waals surface area contributed by atoms with Crippen molar-refractivity contribution in [2.45, 2.75) is 26.3 Å². The summed E-state index contributed by atoms with van der Waals surface area (Å²) in [7, 11) is 0. The van der Waals surface area contributed by atoms with Gasteiger partial charge in [-0.25, -0.2) is 4.99 Å². The molecule has 0 bridgehead atoms. The predicted octanol–water partition coefficient (Wildman–Crippen LogP) is 5.10. The largest absolute Gasteiger partial charge is 0.493 e. The number of nitrogens with one attached hydrogen (secondary N) is 1. The first-order valence-corrected chi connectivity index (χ1v) is 9.37. The third-order valence-electron chi connectivity index (χ3n) is 4.11. The van der Waals surface area contributed by atoms with Crippen LogP contribution in [0.4, 0.5) is 0 Å². The van der Waals surface area contributed by atoms with Crippen molar-refractivity contribution in [3.05, 3.63) is 63.1 Å². The molecule has 0 radical (unpaired) electrons. The Morgan fingerprint density at radius 2 is 1.96 bits per heavy atom. The van der Waals surface area contributed by atoms with Gasteiger partial charge in [-0.3, -0.25) is 0 Å². The normalized spacial score (nSPS) is 14.5. The van der Waals surface area contributed by atoms with Crippen LogP contribution in [0.15, 0.2) is 41.4 Å². The lowest BCUT2D eigenvalue weighted by Crippen LogP contribution is -2.30. The summed E-state index contributed by atoms with van der Waals surface area (Å²) in [6.45, 7) is 5.91. The highest BCUT2D eigenvalue weighted by molar-refractivity contribution is 6.42. The van der Waals surface area contributed by atoms with Crippen LogP contribution >= 0.6 is 23.2 Å². The van der Waals surface area contributed by atoms with Gasteiger partial charge in [-0.05, 0) is 48.7 Å². The molecule has 1 heterocycles. The van der Waals surface area contributed by atoms with Crippen molar-refractivity contribution in [2.24, 2.45) is 4.99 Å². The summed E-state index contributed by atoms with van der Waals surface area (Å²) in [6, 6.07) is 12.2. The zero-order valence-electron chi connectivity index (χ0n) is 14.9. The van der Waals surface area contributed by atoms with Crippen LogP contribution < -0.4 is 10.1 Å².